The number of carbonyl (C=O) groups excluding carboxylic acids is 2. The highest BCUT2D eigenvalue weighted by Crippen LogP contribution is 2.40. The third-order valence-corrected chi connectivity index (χ3v) is 5.40. The number of ether oxygens (including phenoxy) is 2. The summed E-state index contributed by atoms with van der Waals surface area (Å²) in [4.78, 5) is 23.2. The average molecular weight is 521 g/mol. The van der Waals surface area contributed by atoms with Crippen LogP contribution in [0.25, 0.3) is 11.1 Å². The summed E-state index contributed by atoms with van der Waals surface area (Å²) in [6.07, 6.45) is -4.25. The van der Waals surface area contributed by atoms with Crippen LogP contribution in [-0.4, -0.2) is 25.0 Å². The lowest BCUT2D eigenvalue weighted by Crippen LogP contribution is -2.28. The summed E-state index contributed by atoms with van der Waals surface area (Å²) in [6.45, 7) is 3.60. The number of benzene rings is 3. The Bertz CT molecular complexity index is 1210. The zero-order valence-electron chi connectivity index (χ0n) is 19.5. The second-order valence-electron chi connectivity index (χ2n) is 7.91. The number of anilines is 1. The van der Waals surface area contributed by atoms with Crippen molar-refractivity contribution in [2.24, 2.45) is 0 Å². The van der Waals surface area contributed by atoms with E-state index in [1.807, 2.05) is 24.3 Å². The summed E-state index contributed by atoms with van der Waals surface area (Å²) >= 11 is 6.40. The van der Waals surface area contributed by atoms with Crippen LogP contribution in [0.3, 0.4) is 0 Å². The molecule has 2 N–H and O–H groups in total. The molecule has 0 aliphatic rings. The fourth-order valence-electron chi connectivity index (χ4n) is 3.54. The monoisotopic (exact) mass is 520 g/mol. The van der Waals surface area contributed by atoms with Gasteiger partial charge in [0.05, 0.1) is 11.6 Å². The first-order chi connectivity index (χ1) is 17.0. The molecule has 0 aliphatic heterocycles. The Morgan fingerprint density at radius 2 is 1.67 bits per heavy atom. The summed E-state index contributed by atoms with van der Waals surface area (Å²) in [6, 6.07) is 15.8. The van der Waals surface area contributed by atoms with Gasteiger partial charge < -0.3 is 20.1 Å². The zero-order chi connectivity index (χ0) is 26.3. The molecule has 3 aromatic carbocycles. The van der Waals surface area contributed by atoms with Gasteiger partial charge in [0.2, 0.25) is 0 Å². The van der Waals surface area contributed by atoms with Gasteiger partial charge in [-0.05, 0) is 41.8 Å². The van der Waals surface area contributed by atoms with Crippen molar-refractivity contribution in [3.05, 3.63) is 82.4 Å². The Hall–Kier alpha value is -3.72. The molecule has 0 bridgehead atoms. The molecule has 0 saturated carbocycles. The Morgan fingerprint density at radius 1 is 1.00 bits per heavy atom. The van der Waals surface area contributed by atoms with Gasteiger partial charge in [-0.2, -0.15) is 0 Å². The molecule has 0 unspecified atom stereocenters. The van der Waals surface area contributed by atoms with Gasteiger partial charge in [0.1, 0.15) is 5.75 Å². The van der Waals surface area contributed by atoms with Gasteiger partial charge in [0.15, 0.2) is 0 Å². The molecular formula is C26H24ClF3N2O4. The summed E-state index contributed by atoms with van der Waals surface area (Å²) in [5.41, 5.74) is 3.36. The number of urea groups is 1. The van der Waals surface area contributed by atoms with E-state index >= 15 is 0 Å². The number of nitrogens with one attached hydrogen (secondary N) is 2. The predicted molar refractivity (Wildman–Crippen MR) is 131 cm³/mol. The second kappa shape index (κ2) is 11.8. The molecule has 10 heteroatoms. The summed E-state index contributed by atoms with van der Waals surface area (Å²) in [5.74, 6) is -0.695. The van der Waals surface area contributed by atoms with Crippen molar-refractivity contribution in [2.75, 3.05) is 11.9 Å². The molecule has 3 aromatic rings. The van der Waals surface area contributed by atoms with E-state index in [1.165, 1.54) is 31.2 Å². The van der Waals surface area contributed by atoms with Crippen molar-refractivity contribution in [2.45, 2.75) is 33.2 Å². The summed E-state index contributed by atoms with van der Waals surface area (Å²) < 4.78 is 47.5. The first-order valence-corrected chi connectivity index (χ1v) is 11.3. The van der Waals surface area contributed by atoms with E-state index in [2.05, 4.69) is 15.4 Å². The van der Waals surface area contributed by atoms with E-state index < -0.39 is 12.4 Å². The third-order valence-electron chi connectivity index (χ3n) is 5.10. The van der Waals surface area contributed by atoms with E-state index in [9.17, 15) is 22.8 Å². The van der Waals surface area contributed by atoms with Gasteiger partial charge in [-0.3, -0.25) is 4.79 Å². The fourth-order valence-corrected chi connectivity index (χ4v) is 3.91. The van der Waals surface area contributed by atoms with Crippen molar-refractivity contribution in [1.29, 1.82) is 0 Å². The molecule has 0 radical (unpaired) electrons. The van der Waals surface area contributed by atoms with Gasteiger partial charge in [-0.15, -0.1) is 13.2 Å². The number of alkyl halides is 3. The highest BCUT2D eigenvalue weighted by molar-refractivity contribution is 6.34. The number of hydrogen-bond donors (Lipinski definition) is 2. The van der Waals surface area contributed by atoms with Gasteiger partial charge in [0.25, 0.3) is 0 Å². The van der Waals surface area contributed by atoms with Crippen LogP contribution >= 0.6 is 11.6 Å². The largest absolute Gasteiger partial charge is 0.573 e. The van der Waals surface area contributed by atoms with Crippen LogP contribution in [0.15, 0.2) is 60.7 Å². The van der Waals surface area contributed by atoms with Crippen LogP contribution in [0, 0.1) is 6.92 Å². The lowest BCUT2D eigenvalue weighted by Gasteiger charge is -2.17. The Balaban J connectivity index is 1.63. The maximum Gasteiger partial charge on any atom is 0.573 e. The number of halogens is 4. The first-order valence-electron chi connectivity index (χ1n) is 10.9. The van der Waals surface area contributed by atoms with Gasteiger partial charge in [0, 0.05) is 36.7 Å². The smallest absolute Gasteiger partial charge is 0.466 e. The molecule has 3 rings (SSSR count). The van der Waals surface area contributed by atoms with E-state index in [0.29, 0.717) is 29.8 Å². The minimum Gasteiger partial charge on any atom is -0.466 e. The van der Waals surface area contributed by atoms with Crippen molar-refractivity contribution in [3.63, 3.8) is 0 Å². The number of esters is 1. The molecule has 0 aliphatic carbocycles. The SMILES string of the molecule is CC(=O)OCCc1ccc(CNC(=O)Nc2cc(C)c(-c3ccccc3OC(F)(F)F)c(Cl)c2)cc1. The predicted octanol–water partition coefficient (Wildman–Crippen LogP) is 6.64. The number of para-hydroxylation sites is 1. The normalized spacial score (nSPS) is 11.1. The highest BCUT2D eigenvalue weighted by atomic mass is 35.5. The molecule has 6 nitrogen and oxygen atoms in total. The minimum absolute atomic E-state index is 0.160. The zero-order valence-corrected chi connectivity index (χ0v) is 20.3. The van der Waals surface area contributed by atoms with Crippen molar-refractivity contribution in [1.82, 2.24) is 5.32 Å². The second-order valence-corrected chi connectivity index (χ2v) is 8.32. The topological polar surface area (TPSA) is 76.7 Å². The molecule has 0 saturated heterocycles. The number of hydrogen-bond acceptors (Lipinski definition) is 4. The van der Waals surface area contributed by atoms with E-state index in [-0.39, 0.29) is 28.8 Å². The average Bonchev–Trinajstić information content (AvgIpc) is 2.78. The Labute approximate surface area is 211 Å². The molecule has 0 heterocycles. The lowest BCUT2D eigenvalue weighted by molar-refractivity contribution is -0.274. The van der Waals surface area contributed by atoms with E-state index in [4.69, 9.17) is 16.3 Å². The highest BCUT2D eigenvalue weighted by Gasteiger charge is 2.32. The van der Waals surface area contributed by atoms with E-state index in [0.717, 1.165) is 11.1 Å². The minimum atomic E-state index is -4.85. The van der Waals surface area contributed by atoms with Crippen molar-refractivity contribution in [3.8, 4) is 16.9 Å². The van der Waals surface area contributed by atoms with Crippen LogP contribution in [-0.2, 0) is 22.5 Å². The molecular weight excluding hydrogens is 497 g/mol. The maximum absolute atomic E-state index is 12.8. The Morgan fingerprint density at radius 3 is 2.31 bits per heavy atom. The molecule has 0 spiro atoms. The van der Waals surface area contributed by atoms with Crippen LogP contribution in [0.2, 0.25) is 5.02 Å². The summed E-state index contributed by atoms with van der Waals surface area (Å²) in [7, 11) is 0. The van der Waals surface area contributed by atoms with Crippen LogP contribution in [0.4, 0.5) is 23.7 Å². The van der Waals surface area contributed by atoms with Gasteiger partial charge in [-0.25, -0.2) is 4.79 Å². The maximum atomic E-state index is 12.8. The molecule has 190 valence electrons. The van der Waals surface area contributed by atoms with Crippen molar-refractivity contribution < 1.29 is 32.2 Å². The lowest BCUT2D eigenvalue weighted by atomic mass is 9.99. The summed E-state index contributed by atoms with van der Waals surface area (Å²) in [5, 5.41) is 5.58. The Kier molecular flexibility index (Phi) is 8.82. The van der Waals surface area contributed by atoms with Crippen molar-refractivity contribution >= 4 is 29.3 Å². The molecule has 0 aromatic heterocycles. The van der Waals surface area contributed by atoms with Gasteiger partial charge in [-0.1, -0.05) is 54.1 Å². The molecule has 0 atom stereocenters. The number of rotatable bonds is 8. The quantitative estimate of drug-likeness (QED) is 0.326. The molecule has 0 fully saturated rings. The van der Waals surface area contributed by atoms with Crippen LogP contribution < -0.4 is 15.4 Å². The fraction of sp³-hybridized carbons (Fsp3) is 0.231. The first kappa shape index (κ1) is 26.9. The third kappa shape index (κ3) is 7.91. The number of carbonyl (C=O) groups is 2. The van der Waals surface area contributed by atoms with E-state index in [1.54, 1.807) is 19.1 Å². The van der Waals surface area contributed by atoms with Crippen LogP contribution in [0.1, 0.15) is 23.6 Å². The van der Waals surface area contributed by atoms with Gasteiger partial charge >= 0.3 is 18.4 Å². The molecule has 36 heavy (non-hydrogen) atoms. The number of aryl methyl sites for hydroxylation is 1. The molecule has 2 amide bonds. The van der Waals surface area contributed by atoms with Crippen LogP contribution in [0.5, 0.6) is 5.75 Å². The number of amides is 2. The standard InChI is InChI=1S/C26H24ClF3N2O4/c1-16-13-20(14-22(27)24(16)21-5-3-4-6-23(21)36-26(28,29)30)32-25(34)31-15-19-9-7-18(8-10-19)11-12-35-17(2)33/h3-10,13-14H,11-12,15H2,1-2H3,(H2,31,32,34).